The second-order valence-corrected chi connectivity index (χ2v) is 8.57. The molecule has 0 fully saturated rings. The van der Waals surface area contributed by atoms with Gasteiger partial charge in [0.2, 0.25) is 5.91 Å². The Morgan fingerprint density at radius 3 is 2.59 bits per heavy atom. The molecular weight excluding hydrogens is 444 g/mol. The van der Waals surface area contributed by atoms with E-state index in [4.69, 9.17) is 16.3 Å². The van der Waals surface area contributed by atoms with Crippen molar-refractivity contribution in [2.24, 2.45) is 0 Å². The first kappa shape index (κ1) is 22.0. The molecule has 1 aliphatic rings. The summed E-state index contributed by atoms with van der Waals surface area (Å²) in [5.41, 5.74) is 2.33. The maximum atomic E-state index is 13.3. The molecule has 162 valence electrons. The van der Waals surface area contributed by atoms with Crippen molar-refractivity contribution in [3.05, 3.63) is 93.9 Å². The van der Waals surface area contributed by atoms with Crippen LogP contribution in [0.5, 0.6) is 5.75 Å². The molecule has 0 atom stereocenters. The summed E-state index contributed by atoms with van der Waals surface area (Å²) in [5.74, 6) is 0.206. The summed E-state index contributed by atoms with van der Waals surface area (Å²) in [6.45, 7) is 0.217. The van der Waals surface area contributed by atoms with E-state index in [9.17, 15) is 9.59 Å². The van der Waals surface area contributed by atoms with E-state index in [1.54, 1.807) is 19.3 Å². The van der Waals surface area contributed by atoms with Crippen LogP contribution in [0.2, 0.25) is 5.02 Å². The van der Waals surface area contributed by atoms with Crippen LogP contribution < -0.4 is 15.0 Å². The molecule has 3 aromatic rings. The van der Waals surface area contributed by atoms with Crippen LogP contribution in [0.15, 0.2) is 82.6 Å². The first-order chi connectivity index (χ1) is 15.6. The van der Waals surface area contributed by atoms with Crippen LogP contribution in [0.1, 0.15) is 11.1 Å². The van der Waals surface area contributed by atoms with Gasteiger partial charge in [-0.2, -0.15) is 0 Å². The van der Waals surface area contributed by atoms with Gasteiger partial charge in [0.15, 0.2) is 0 Å². The number of hydrogen-bond donors (Lipinski definition) is 1. The largest absolute Gasteiger partial charge is 0.496 e. The predicted molar refractivity (Wildman–Crippen MR) is 129 cm³/mol. The third-order valence-electron chi connectivity index (χ3n) is 4.99. The number of fused-ring (bicyclic) bond motifs is 1. The van der Waals surface area contributed by atoms with Crippen molar-refractivity contribution in [1.29, 1.82) is 0 Å². The Kier molecular flexibility index (Phi) is 6.83. The summed E-state index contributed by atoms with van der Waals surface area (Å²) in [6, 6.07) is 22.4. The van der Waals surface area contributed by atoms with Crippen LogP contribution in [0.3, 0.4) is 0 Å². The van der Waals surface area contributed by atoms with E-state index >= 15 is 0 Å². The minimum absolute atomic E-state index is 0.0918. The highest BCUT2D eigenvalue weighted by Gasteiger charge is 2.30. The van der Waals surface area contributed by atoms with Crippen molar-refractivity contribution in [3.63, 3.8) is 0 Å². The predicted octanol–water partition coefficient (Wildman–Crippen LogP) is 5.14. The van der Waals surface area contributed by atoms with Crippen LogP contribution in [0.4, 0.5) is 5.69 Å². The molecule has 2 amide bonds. The number of para-hydroxylation sites is 2. The Morgan fingerprint density at radius 1 is 1.06 bits per heavy atom. The van der Waals surface area contributed by atoms with Gasteiger partial charge in [-0.15, -0.1) is 0 Å². The van der Waals surface area contributed by atoms with E-state index in [1.165, 1.54) is 16.7 Å². The van der Waals surface area contributed by atoms with Crippen molar-refractivity contribution in [2.45, 2.75) is 11.4 Å². The average molecular weight is 465 g/mol. The van der Waals surface area contributed by atoms with Gasteiger partial charge in [0.25, 0.3) is 5.91 Å². The third kappa shape index (κ3) is 4.82. The molecule has 1 aliphatic heterocycles. The standard InChI is InChI=1S/C25H21ClN2O3S/c1-31-21-12-6-3-9-18(21)15-27-24(29)16-28-20-11-5-7-13-22(20)32-23(25(28)30)14-17-8-2-4-10-19(17)26/h2-14H,15-16H2,1H3,(H,27,29)/b23-14+. The molecule has 4 rings (SSSR count). The molecule has 3 aromatic carbocycles. The molecule has 5 nitrogen and oxygen atoms in total. The molecule has 0 unspecified atom stereocenters. The van der Waals surface area contributed by atoms with Crippen molar-refractivity contribution >= 4 is 46.9 Å². The quantitative estimate of drug-likeness (QED) is 0.513. The summed E-state index contributed by atoms with van der Waals surface area (Å²) in [4.78, 5) is 29.0. The molecule has 7 heteroatoms. The lowest BCUT2D eigenvalue weighted by Crippen LogP contribution is -2.42. The summed E-state index contributed by atoms with van der Waals surface area (Å²) in [7, 11) is 1.59. The maximum absolute atomic E-state index is 13.3. The molecule has 0 saturated carbocycles. The zero-order chi connectivity index (χ0) is 22.5. The van der Waals surface area contributed by atoms with E-state index in [-0.39, 0.29) is 18.4 Å². The van der Waals surface area contributed by atoms with Gasteiger partial charge in [0.1, 0.15) is 12.3 Å². The second kappa shape index (κ2) is 9.94. The molecule has 0 bridgehead atoms. The number of methoxy groups -OCH3 is 1. The molecule has 0 aromatic heterocycles. The zero-order valence-corrected chi connectivity index (χ0v) is 19.0. The maximum Gasteiger partial charge on any atom is 0.265 e. The van der Waals surface area contributed by atoms with E-state index in [2.05, 4.69) is 5.32 Å². The normalized spacial score (nSPS) is 14.2. The minimum atomic E-state index is -0.261. The number of rotatable bonds is 6. The molecule has 32 heavy (non-hydrogen) atoms. The fourth-order valence-electron chi connectivity index (χ4n) is 3.39. The molecule has 0 radical (unpaired) electrons. The smallest absolute Gasteiger partial charge is 0.265 e. The van der Waals surface area contributed by atoms with Gasteiger partial charge in [-0.05, 0) is 35.9 Å². The fraction of sp³-hybridized carbons (Fsp3) is 0.120. The highest BCUT2D eigenvalue weighted by atomic mass is 35.5. The molecule has 0 spiro atoms. The van der Waals surface area contributed by atoms with Crippen LogP contribution >= 0.6 is 23.4 Å². The van der Waals surface area contributed by atoms with Crippen LogP contribution in [-0.4, -0.2) is 25.5 Å². The van der Waals surface area contributed by atoms with Crippen LogP contribution in [0, 0.1) is 0 Å². The number of benzene rings is 3. The molecule has 0 saturated heterocycles. The number of carbonyl (C=O) groups excluding carboxylic acids is 2. The Balaban J connectivity index is 1.56. The number of nitrogens with zero attached hydrogens (tertiary/aromatic N) is 1. The SMILES string of the molecule is COc1ccccc1CNC(=O)CN1C(=O)/C(=C\c2ccccc2Cl)Sc2ccccc21. The number of ether oxygens (including phenoxy) is 1. The van der Waals surface area contributed by atoms with Gasteiger partial charge in [0, 0.05) is 22.0 Å². The lowest BCUT2D eigenvalue weighted by atomic mass is 10.2. The Labute approximate surface area is 196 Å². The number of thioether (sulfide) groups is 1. The first-order valence-corrected chi connectivity index (χ1v) is 11.2. The lowest BCUT2D eigenvalue weighted by Gasteiger charge is -2.30. The summed E-state index contributed by atoms with van der Waals surface area (Å²) < 4.78 is 5.33. The average Bonchev–Trinajstić information content (AvgIpc) is 2.82. The van der Waals surface area contributed by atoms with Crippen LogP contribution in [-0.2, 0) is 16.1 Å². The lowest BCUT2D eigenvalue weighted by molar-refractivity contribution is -0.122. The van der Waals surface area contributed by atoms with E-state index in [0.29, 0.717) is 27.9 Å². The Bertz CT molecular complexity index is 1200. The molecule has 1 N–H and O–H groups in total. The summed E-state index contributed by atoms with van der Waals surface area (Å²) in [5, 5.41) is 3.45. The number of anilines is 1. The van der Waals surface area contributed by atoms with Gasteiger partial charge in [-0.3, -0.25) is 14.5 Å². The highest BCUT2D eigenvalue weighted by molar-refractivity contribution is 8.04. The first-order valence-electron chi connectivity index (χ1n) is 10.0. The second-order valence-electron chi connectivity index (χ2n) is 7.08. The number of hydrogen-bond acceptors (Lipinski definition) is 4. The monoisotopic (exact) mass is 464 g/mol. The van der Waals surface area contributed by atoms with Crippen molar-refractivity contribution in [1.82, 2.24) is 5.32 Å². The van der Waals surface area contributed by atoms with Crippen molar-refractivity contribution < 1.29 is 14.3 Å². The minimum Gasteiger partial charge on any atom is -0.496 e. The number of carbonyl (C=O) groups is 2. The van der Waals surface area contributed by atoms with E-state index in [1.807, 2.05) is 66.7 Å². The highest BCUT2D eigenvalue weighted by Crippen LogP contribution is 2.42. The van der Waals surface area contributed by atoms with Gasteiger partial charge >= 0.3 is 0 Å². The number of halogens is 1. The van der Waals surface area contributed by atoms with E-state index in [0.717, 1.165) is 16.0 Å². The van der Waals surface area contributed by atoms with E-state index < -0.39 is 0 Å². The Morgan fingerprint density at radius 2 is 1.78 bits per heavy atom. The van der Waals surface area contributed by atoms with Gasteiger partial charge in [-0.1, -0.05) is 71.9 Å². The van der Waals surface area contributed by atoms with Crippen molar-refractivity contribution in [2.75, 3.05) is 18.6 Å². The van der Waals surface area contributed by atoms with Gasteiger partial charge in [-0.25, -0.2) is 0 Å². The fourth-order valence-corrected chi connectivity index (χ4v) is 4.63. The molecule has 1 heterocycles. The number of nitrogens with one attached hydrogen (secondary N) is 1. The topological polar surface area (TPSA) is 58.6 Å². The van der Waals surface area contributed by atoms with Crippen LogP contribution in [0.25, 0.3) is 6.08 Å². The third-order valence-corrected chi connectivity index (χ3v) is 6.42. The summed E-state index contributed by atoms with van der Waals surface area (Å²) >= 11 is 7.66. The molecule has 0 aliphatic carbocycles. The van der Waals surface area contributed by atoms with Gasteiger partial charge in [0.05, 0.1) is 17.7 Å². The Hall–Kier alpha value is -3.22. The van der Waals surface area contributed by atoms with Gasteiger partial charge < -0.3 is 10.1 Å². The number of amides is 2. The zero-order valence-electron chi connectivity index (χ0n) is 17.4. The van der Waals surface area contributed by atoms with Crippen molar-refractivity contribution in [3.8, 4) is 5.75 Å². The molecular formula is C25H21ClN2O3S. The summed E-state index contributed by atoms with van der Waals surface area (Å²) in [6.07, 6.45) is 1.77.